The minimum absolute atomic E-state index is 0. The SMILES string of the molecule is Cc1[c-]c(C)sn1.[I-].[Mg+2]. The average Bonchev–Trinajstić information content (AvgIpc) is 1.87. The molecule has 0 saturated heterocycles. The molecule has 1 aromatic heterocycles. The molecule has 1 aromatic rings. The Morgan fingerprint density at radius 3 is 2.11 bits per heavy atom. The van der Waals surface area contributed by atoms with Crippen LogP contribution in [0.1, 0.15) is 10.6 Å². The van der Waals surface area contributed by atoms with Gasteiger partial charge in [0.2, 0.25) is 0 Å². The first-order valence-corrected chi connectivity index (χ1v) is 2.88. The van der Waals surface area contributed by atoms with Crippen LogP contribution in [-0.4, -0.2) is 27.4 Å². The van der Waals surface area contributed by atoms with Crippen molar-refractivity contribution in [3.05, 3.63) is 16.6 Å². The molecular formula is C5H6IMgNS. The van der Waals surface area contributed by atoms with Gasteiger partial charge in [0.05, 0.1) is 0 Å². The van der Waals surface area contributed by atoms with Crippen LogP contribution in [-0.2, 0) is 0 Å². The Hall–Kier alpha value is 1.13. The van der Waals surface area contributed by atoms with E-state index in [1.54, 1.807) is 0 Å². The van der Waals surface area contributed by atoms with Crippen LogP contribution in [0.25, 0.3) is 0 Å². The van der Waals surface area contributed by atoms with Crippen molar-refractivity contribution in [1.82, 2.24) is 4.37 Å². The molecule has 0 saturated carbocycles. The normalized spacial score (nSPS) is 7.33. The molecule has 0 amide bonds. The fraction of sp³-hybridized carbons (Fsp3) is 0.400. The fourth-order valence-electron chi connectivity index (χ4n) is 0.437. The van der Waals surface area contributed by atoms with Gasteiger partial charge in [-0.1, -0.05) is 25.4 Å². The van der Waals surface area contributed by atoms with Gasteiger partial charge in [-0.2, -0.15) is 4.88 Å². The molecule has 0 N–H and O–H groups in total. The predicted molar refractivity (Wildman–Crippen MR) is 36.2 cm³/mol. The second-order valence-corrected chi connectivity index (χ2v) is 2.43. The van der Waals surface area contributed by atoms with Crippen LogP contribution < -0.4 is 24.0 Å². The number of hydrogen-bond acceptors (Lipinski definition) is 2. The summed E-state index contributed by atoms with van der Waals surface area (Å²) < 4.78 is 4.00. The van der Waals surface area contributed by atoms with Gasteiger partial charge in [0.1, 0.15) is 0 Å². The molecule has 0 aromatic carbocycles. The first-order valence-electron chi connectivity index (χ1n) is 2.11. The molecule has 1 nitrogen and oxygen atoms in total. The van der Waals surface area contributed by atoms with E-state index in [4.69, 9.17) is 0 Å². The Morgan fingerprint density at radius 1 is 1.44 bits per heavy atom. The van der Waals surface area contributed by atoms with Crippen LogP contribution in [0.2, 0.25) is 0 Å². The first kappa shape index (κ1) is 12.8. The average molecular weight is 263 g/mol. The molecule has 0 atom stereocenters. The second kappa shape index (κ2) is 5.88. The summed E-state index contributed by atoms with van der Waals surface area (Å²) in [4.78, 5) is 1.16. The minimum Gasteiger partial charge on any atom is -1.00 e. The number of hydrogen-bond donors (Lipinski definition) is 0. The van der Waals surface area contributed by atoms with Crippen molar-refractivity contribution in [2.45, 2.75) is 13.8 Å². The maximum absolute atomic E-state index is 4.00. The van der Waals surface area contributed by atoms with Gasteiger partial charge in [-0.3, -0.25) is 0 Å². The summed E-state index contributed by atoms with van der Waals surface area (Å²) in [6.07, 6.45) is 0. The Balaban J connectivity index is 0. The van der Waals surface area contributed by atoms with Gasteiger partial charge in [0, 0.05) is 0 Å². The smallest absolute Gasteiger partial charge is 1.00 e. The molecule has 0 aliphatic carbocycles. The molecule has 0 bridgehead atoms. The quantitative estimate of drug-likeness (QED) is 0.305. The van der Waals surface area contributed by atoms with Gasteiger partial charge in [0.15, 0.2) is 0 Å². The fourth-order valence-corrected chi connectivity index (χ4v) is 0.950. The van der Waals surface area contributed by atoms with Gasteiger partial charge < -0.3 is 30.0 Å². The van der Waals surface area contributed by atoms with Crippen molar-refractivity contribution >= 4 is 34.6 Å². The molecule has 9 heavy (non-hydrogen) atoms. The number of rotatable bonds is 0. The van der Waals surface area contributed by atoms with Gasteiger partial charge in [-0.15, -0.1) is 5.69 Å². The van der Waals surface area contributed by atoms with Gasteiger partial charge in [0.25, 0.3) is 0 Å². The predicted octanol–water partition coefficient (Wildman–Crippen LogP) is -1.82. The zero-order valence-corrected chi connectivity index (χ0v) is 9.83. The zero-order valence-electron chi connectivity index (χ0n) is 5.44. The molecule has 0 radical (unpaired) electrons. The molecule has 1 heterocycles. The Labute approximate surface area is 92.6 Å². The molecular weight excluding hydrogens is 257 g/mol. The Kier molecular flexibility index (Phi) is 8.34. The van der Waals surface area contributed by atoms with Crippen molar-refractivity contribution in [2.75, 3.05) is 0 Å². The van der Waals surface area contributed by atoms with Crippen LogP contribution in [0.15, 0.2) is 0 Å². The molecule has 0 spiro atoms. The Bertz CT molecular complexity index is 149. The van der Waals surface area contributed by atoms with Crippen molar-refractivity contribution in [3.8, 4) is 0 Å². The minimum atomic E-state index is 0. The van der Waals surface area contributed by atoms with E-state index in [0.29, 0.717) is 0 Å². The zero-order chi connectivity index (χ0) is 5.28. The second-order valence-electron chi connectivity index (χ2n) is 1.45. The van der Waals surface area contributed by atoms with Crippen LogP contribution in [0.5, 0.6) is 0 Å². The monoisotopic (exact) mass is 263 g/mol. The molecule has 0 unspecified atom stereocenters. The van der Waals surface area contributed by atoms with Crippen LogP contribution in [0, 0.1) is 19.9 Å². The molecule has 0 fully saturated rings. The van der Waals surface area contributed by atoms with Crippen LogP contribution in [0.3, 0.4) is 0 Å². The maximum atomic E-state index is 4.00. The standard InChI is InChI=1S/C5H6NS.HI.Mg/c1-4-3-5(2)7-6-4;;/h1-2H3;1H;/q-1;;+2/p-1. The number of halogens is 1. The molecule has 1 rings (SSSR count). The van der Waals surface area contributed by atoms with E-state index in [-0.39, 0.29) is 47.0 Å². The van der Waals surface area contributed by atoms with Crippen molar-refractivity contribution in [1.29, 1.82) is 0 Å². The van der Waals surface area contributed by atoms with Crippen molar-refractivity contribution < 1.29 is 24.0 Å². The van der Waals surface area contributed by atoms with E-state index in [0.717, 1.165) is 10.6 Å². The summed E-state index contributed by atoms with van der Waals surface area (Å²) in [6.45, 7) is 3.95. The molecule has 46 valence electrons. The van der Waals surface area contributed by atoms with Crippen molar-refractivity contribution in [3.63, 3.8) is 0 Å². The van der Waals surface area contributed by atoms with E-state index in [1.165, 1.54) is 11.5 Å². The number of aryl methyl sites for hydroxylation is 2. The van der Waals surface area contributed by atoms with E-state index in [9.17, 15) is 0 Å². The Morgan fingerprint density at radius 2 is 2.00 bits per heavy atom. The number of nitrogens with zero attached hydrogens (tertiary/aromatic N) is 1. The summed E-state index contributed by atoms with van der Waals surface area (Å²) in [7, 11) is 0. The van der Waals surface area contributed by atoms with E-state index in [2.05, 4.69) is 10.4 Å². The molecule has 0 aliphatic rings. The molecule has 4 heteroatoms. The summed E-state index contributed by atoms with van der Waals surface area (Å²) >= 11 is 1.50. The van der Waals surface area contributed by atoms with Gasteiger partial charge >= 0.3 is 23.1 Å². The van der Waals surface area contributed by atoms with Gasteiger partial charge in [-0.25, -0.2) is 4.37 Å². The van der Waals surface area contributed by atoms with Gasteiger partial charge in [-0.05, 0) is 0 Å². The maximum Gasteiger partial charge on any atom is 2.00 e. The summed E-state index contributed by atoms with van der Waals surface area (Å²) in [5, 5.41) is 0. The van der Waals surface area contributed by atoms with Crippen LogP contribution >= 0.6 is 11.5 Å². The van der Waals surface area contributed by atoms with Crippen molar-refractivity contribution in [2.24, 2.45) is 0 Å². The molecule has 0 aliphatic heterocycles. The van der Waals surface area contributed by atoms with E-state index >= 15 is 0 Å². The van der Waals surface area contributed by atoms with E-state index < -0.39 is 0 Å². The van der Waals surface area contributed by atoms with E-state index in [1.807, 2.05) is 13.8 Å². The first-order chi connectivity index (χ1) is 3.29. The summed E-state index contributed by atoms with van der Waals surface area (Å²) in [5.41, 5.74) is 1.00. The summed E-state index contributed by atoms with van der Waals surface area (Å²) in [5.74, 6) is 0. The third-order valence-electron chi connectivity index (χ3n) is 0.676. The van der Waals surface area contributed by atoms with Crippen LogP contribution in [0.4, 0.5) is 0 Å². The topological polar surface area (TPSA) is 12.9 Å². The largest absolute Gasteiger partial charge is 2.00 e. The summed E-state index contributed by atoms with van der Waals surface area (Å²) in [6, 6.07) is 3.05. The third-order valence-corrected chi connectivity index (χ3v) is 1.42. The number of aromatic nitrogens is 1. The third kappa shape index (κ3) is 4.52.